The van der Waals surface area contributed by atoms with Gasteiger partial charge in [0.2, 0.25) is 15.9 Å². The maximum absolute atomic E-state index is 12.4. The molecule has 0 aromatic heterocycles. The predicted molar refractivity (Wildman–Crippen MR) is 74.8 cm³/mol. The number of hydrogen-bond donors (Lipinski definition) is 1. The maximum Gasteiger partial charge on any atom is 0.243 e. The Morgan fingerprint density at radius 1 is 1.32 bits per heavy atom. The molecule has 0 unspecified atom stereocenters. The van der Waals surface area contributed by atoms with Crippen LogP contribution in [0.25, 0.3) is 0 Å². The molecule has 1 saturated heterocycles. The average Bonchev–Trinajstić information content (AvgIpc) is 2.39. The van der Waals surface area contributed by atoms with Gasteiger partial charge in [-0.15, -0.1) is 0 Å². The highest BCUT2D eigenvalue weighted by molar-refractivity contribution is 9.10. The molecule has 1 heterocycles. The van der Waals surface area contributed by atoms with Crippen LogP contribution in [0.1, 0.15) is 12.8 Å². The minimum atomic E-state index is -3.54. The quantitative estimate of drug-likeness (QED) is 0.896. The number of nitrogens with two attached hydrogens (primary N) is 1. The zero-order valence-corrected chi connectivity index (χ0v) is 12.7. The van der Waals surface area contributed by atoms with Crippen molar-refractivity contribution in [2.45, 2.75) is 17.7 Å². The maximum atomic E-state index is 12.4. The van der Waals surface area contributed by atoms with Crippen molar-refractivity contribution in [1.82, 2.24) is 4.31 Å². The molecule has 0 aliphatic carbocycles. The summed E-state index contributed by atoms with van der Waals surface area (Å²) in [5.74, 6) is -0.824. The van der Waals surface area contributed by atoms with Gasteiger partial charge in [0.05, 0.1) is 10.8 Å². The third-order valence-electron chi connectivity index (χ3n) is 3.24. The van der Waals surface area contributed by atoms with E-state index in [0.29, 0.717) is 19.4 Å². The molecule has 1 aromatic carbocycles. The third kappa shape index (κ3) is 3.16. The molecule has 2 rings (SSSR count). The van der Waals surface area contributed by atoms with Crippen molar-refractivity contribution < 1.29 is 13.2 Å². The zero-order chi connectivity index (χ0) is 14.0. The molecule has 1 aromatic rings. The van der Waals surface area contributed by atoms with Gasteiger partial charge in [-0.3, -0.25) is 4.79 Å². The number of sulfonamides is 1. The largest absolute Gasteiger partial charge is 0.369 e. The summed E-state index contributed by atoms with van der Waals surface area (Å²) < 4.78 is 27.0. The summed E-state index contributed by atoms with van der Waals surface area (Å²) in [7, 11) is -3.54. The van der Waals surface area contributed by atoms with Crippen LogP contribution in [0.4, 0.5) is 0 Å². The monoisotopic (exact) mass is 346 g/mol. The normalized spacial score (nSPS) is 21.2. The highest BCUT2D eigenvalue weighted by Gasteiger charge is 2.32. The van der Waals surface area contributed by atoms with E-state index in [1.165, 1.54) is 4.31 Å². The zero-order valence-electron chi connectivity index (χ0n) is 10.3. The van der Waals surface area contributed by atoms with Crippen LogP contribution in [0.15, 0.2) is 33.6 Å². The van der Waals surface area contributed by atoms with Gasteiger partial charge < -0.3 is 5.73 Å². The highest BCUT2D eigenvalue weighted by atomic mass is 79.9. The van der Waals surface area contributed by atoms with E-state index in [2.05, 4.69) is 15.9 Å². The Bertz CT molecular complexity index is 571. The van der Waals surface area contributed by atoms with E-state index in [1.807, 2.05) is 0 Å². The average molecular weight is 347 g/mol. The predicted octanol–water partition coefficient (Wildman–Crippen LogP) is 1.34. The number of nitrogens with zero attached hydrogens (tertiary/aromatic N) is 1. The van der Waals surface area contributed by atoms with Gasteiger partial charge in [-0.1, -0.05) is 15.9 Å². The van der Waals surface area contributed by atoms with Crippen molar-refractivity contribution >= 4 is 31.9 Å². The van der Waals surface area contributed by atoms with Gasteiger partial charge in [-0.2, -0.15) is 4.31 Å². The molecule has 0 bridgehead atoms. The minimum Gasteiger partial charge on any atom is -0.369 e. The van der Waals surface area contributed by atoms with Crippen LogP contribution in [-0.4, -0.2) is 31.7 Å². The number of piperidine rings is 1. The Hall–Kier alpha value is -0.920. The summed E-state index contributed by atoms with van der Waals surface area (Å²) in [5.41, 5.74) is 5.26. The van der Waals surface area contributed by atoms with Gasteiger partial charge in [-0.05, 0) is 37.1 Å². The van der Waals surface area contributed by atoms with Gasteiger partial charge >= 0.3 is 0 Å². The van der Waals surface area contributed by atoms with Crippen molar-refractivity contribution in [3.05, 3.63) is 28.7 Å². The number of carbonyl (C=O) groups excluding carboxylic acids is 1. The summed E-state index contributed by atoms with van der Waals surface area (Å²) >= 11 is 3.27. The second kappa shape index (κ2) is 5.60. The van der Waals surface area contributed by atoms with E-state index >= 15 is 0 Å². The molecule has 104 valence electrons. The number of amides is 1. The van der Waals surface area contributed by atoms with Crippen LogP contribution in [0.3, 0.4) is 0 Å². The van der Waals surface area contributed by atoms with E-state index in [0.717, 1.165) is 4.47 Å². The van der Waals surface area contributed by atoms with Crippen molar-refractivity contribution in [2.75, 3.05) is 13.1 Å². The molecule has 1 amide bonds. The summed E-state index contributed by atoms with van der Waals surface area (Å²) in [6, 6.07) is 6.46. The number of carbonyl (C=O) groups is 1. The van der Waals surface area contributed by atoms with E-state index < -0.39 is 15.9 Å². The molecule has 19 heavy (non-hydrogen) atoms. The van der Waals surface area contributed by atoms with Gasteiger partial charge in [0.15, 0.2) is 0 Å². The summed E-state index contributed by atoms with van der Waals surface area (Å²) in [6.45, 7) is 0.607. The first kappa shape index (κ1) is 14.5. The summed E-state index contributed by atoms with van der Waals surface area (Å²) in [4.78, 5) is 11.4. The molecular weight excluding hydrogens is 332 g/mol. The van der Waals surface area contributed by atoms with Crippen molar-refractivity contribution in [3.8, 4) is 0 Å². The summed E-state index contributed by atoms with van der Waals surface area (Å²) in [5, 5.41) is 0. The van der Waals surface area contributed by atoms with Crippen LogP contribution in [0.5, 0.6) is 0 Å². The first-order valence-corrected chi connectivity index (χ1v) is 8.19. The number of benzene rings is 1. The second-order valence-electron chi connectivity index (χ2n) is 4.56. The van der Waals surface area contributed by atoms with Crippen LogP contribution in [-0.2, 0) is 14.8 Å². The second-order valence-corrected chi connectivity index (χ2v) is 7.41. The van der Waals surface area contributed by atoms with Crippen LogP contribution < -0.4 is 5.73 Å². The van der Waals surface area contributed by atoms with E-state index in [4.69, 9.17) is 5.73 Å². The molecule has 1 aliphatic rings. The molecule has 0 saturated carbocycles. The molecule has 2 N–H and O–H groups in total. The molecule has 1 fully saturated rings. The van der Waals surface area contributed by atoms with Gasteiger partial charge in [0.25, 0.3) is 0 Å². The van der Waals surface area contributed by atoms with Crippen molar-refractivity contribution in [2.24, 2.45) is 11.7 Å². The van der Waals surface area contributed by atoms with Crippen LogP contribution in [0, 0.1) is 5.92 Å². The van der Waals surface area contributed by atoms with E-state index in [-0.39, 0.29) is 17.4 Å². The standard InChI is InChI=1S/C12H15BrN2O3S/c13-10-3-5-11(6-4-10)19(17,18)15-7-1-2-9(8-15)12(14)16/h3-6,9H,1-2,7-8H2,(H2,14,16)/t9-/m1/s1. The molecule has 0 spiro atoms. The Morgan fingerprint density at radius 2 is 1.95 bits per heavy atom. The van der Waals surface area contributed by atoms with Gasteiger partial charge in [0, 0.05) is 17.6 Å². The topological polar surface area (TPSA) is 80.5 Å². The smallest absolute Gasteiger partial charge is 0.243 e. The molecule has 0 radical (unpaired) electrons. The Labute approximate surface area is 121 Å². The lowest BCUT2D eigenvalue weighted by molar-refractivity contribution is -0.122. The highest BCUT2D eigenvalue weighted by Crippen LogP contribution is 2.24. The first-order chi connectivity index (χ1) is 8.91. The van der Waals surface area contributed by atoms with Gasteiger partial charge in [-0.25, -0.2) is 8.42 Å². The Morgan fingerprint density at radius 3 is 2.53 bits per heavy atom. The number of primary amides is 1. The van der Waals surface area contributed by atoms with Crippen molar-refractivity contribution in [3.63, 3.8) is 0 Å². The van der Waals surface area contributed by atoms with Crippen LogP contribution >= 0.6 is 15.9 Å². The SMILES string of the molecule is NC(=O)[C@@H]1CCCN(S(=O)(=O)c2ccc(Br)cc2)C1. The first-order valence-electron chi connectivity index (χ1n) is 5.96. The third-order valence-corrected chi connectivity index (χ3v) is 5.65. The van der Waals surface area contributed by atoms with E-state index in [1.54, 1.807) is 24.3 Å². The van der Waals surface area contributed by atoms with Gasteiger partial charge in [0.1, 0.15) is 0 Å². The molecular formula is C12H15BrN2O3S. The Kier molecular flexibility index (Phi) is 4.27. The molecule has 1 atom stereocenters. The fourth-order valence-electron chi connectivity index (χ4n) is 2.15. The van der Waals surface area contributed by atoms with Crippen molar-refractivity contribution in [1.29, 1.82) is 0 Å². The molecule has 5 nitrogen and oxygen atoms in total. The Balaban J connectivity index is 2.24. The minimum absolute atomic E-state index is 0.174. The van der Waals surface area contributed by atoms with E-state index in [9.17, 15) is 13.2 Å². The summed E-state index contributed by atoms with van der Waals surface area (Å²) in [6.07, 6.45) is 1.31. The molecule has 1 aliphatic heterocycles. The number of halogens is 1. The fraction of sp³-hybridized carbons (Fsp3) is 0.417. The lowest BCUT2D eigenvalue weighted by Crippen LogP contribution is -2.43. The van der Waals surface area contributed by atoms with Crippen LogP contribution in [0.2, 0.25) is 0 Å². The fourth-order valence-corrected chi connectivity index (χ4v) is 3.94. The lowest BCUT2D eigenvalue weighted by Gasteiger charge is -2.30. The molecule has 7 heteroatoms. The number of hydrogen-bond acceptors (Lipinski definition) is 3. The lowest BCUT2D eigenvalue weighted by atomic mass is 9.99. The number of rotatable bonds is 3.